The van der Waals surface area contributed by atoms with Crippen molar-refractivity contribution < 1.29 is 0 Å². The lowest BCUT2D eigenvalue weighted by Gasteiger charge is -2.17. The Balaban J connectivity index is 3.39. The van der Waals surface area contributed by atoms with E-state index in [9.17, 15) is 0 Å². The molecule has 2 atom stereocenters. The summed E-state index contributed by atoms with van der Waals surface area (Å²) in [4.78, 5) is 0. The maximum Gasteiger partial charge on any atom is 0.0134 e. The van der Waals surface area contributed by atoms with Gasteiger partial charge in [0.2, 0.25) is 0 Å². The van der Waals surface area contributed by atoms with E-state index in [0.29, 0.717) is 10.5 Å². The fourth-order valence-electron chi connectivity index (χ4n) is 0.986. The minimum Gasteiger partial charge on any atom is -0.179 e. The molecule has 0 aromatic carbocycles. The summed E-state index contributed by atoms with van der Waals surface area (Å²) in [5.41, 5.74) is 0. The van der Waals surface area contributed by atoms with Crippen LogP contribution in [-0.4, -0.2) is 22.0 Å². The van der Waals surface area contributed by atoms with E-state index in [2.05, 4.69) is 50.5 Å². The van der Waals surface area contributed by atoms with Crippen molar-refractivity contribution in [3.8, 4) is 0 Å². The van der Waals surface area contributed by atoms with E-state index in [1.54, 1.807) is 0 Å². The average Bonchev–Trinajstić information content (AvgIpc) is 2.10. The second kappa shape index (κ2) is 8.97. The van der Waals surface area contributed by atoms with Gasteiger partial charge in [-0.3, -0.25) is 0 Å². The van der Waals surface area contributed by atoms with Crippen molar-refractivity contribution in [1.82, 2.24) is 0 Å². The molecule has 2 unspecified atom stereocenters. The third-order valence-corrected chi connectivity index (χ3v) is 3.86. The van der Waals surface area contributed by atoms with Crippen molar-refractivity contribution in [2.24, 2.45) is 0 Å². The first-order valence-corrected chi connectivity index (χ1v) is 6.60. The minimum atomic E-state index is 0.417. The maximum absolute atomic E-state index is 4.50. The third-order valence-electron chi connectivity index (χ3n) is 1.76. The molecule has 0 spiro atoms. The predicted octanol–water partition coefficient (Wildman–Crippen LogP) is 3.00. The highest BCUT2D eigenvalue weighted by atomic mass is 32.1. The van der Waals surface area contributed by atoms with Gasteiger partial charge in [-0.2, -0.15) is 50.5 Å². The highest BCUT2D eigenvalue weighted by Gasteiger charge is 2.12. The van der Waals surface area contributed by atoms with Crippen LogP contribution in [-0.2, 0) is 0 Å². The second-order valence-corrected chi connectivity index (χ2v) is 5.09. The van der Waals surface area contributed by atoms with Crippen LogP contribution in [0.2, 0.25) is 0 Å². The first kappa shape index (κ1) is 13.4. The summed E-state index contributed by atoms with van der Waals surface area (Å²) in [6.45, 7) is 0. The van der Waals surface area contributed by atoms with Crippen LogP contribution in [0, 0.1) is 0 Å². The van der Waals surface area contributed by atoms with Crippen molar-refractivity contribution in [2.45, 2.75) is 36.2 Å². The Hall–Kier alpha value is 1.40. The number of hydrogen-bond acceptors (Lipinski definition) is 4. The lowest BCUT2D eigenvalue weighted by atomic mass is 10.1. The molecular weight excluding hydrogens is 224 g/mol. The van der Waals surface area contributed by atoms with Gasteiger partial charge in [0.1, 0.15) is 0 Å². The molecule has 0 radical (unpaired) electrons. The maximum atomic E-state index is 4.50. The largest absolute Gasteiger partial charge is 0.179 e. The molecule has 0 rings (SSSR count). The van der Waals surface area contributed by atoms with Crippen molar-refractivity contribution >= 4 is 50.5 Å². The summed E-state index contributed by atoms with van der Waals surface area (Å²) in [6, 6.07) is 0. The molecule has 0 aliphatic carbocycles. The molecule has 0 saturated heterocycles. The Kier molecular flexibility index (Phi) is 10.0. The van der Waals surface area contributed by atoms with Crippen LogP contribution in [0.4, 0.5) is 0 Å². The lowest BCUT2D eigenvalue weighted by Crippen LogP contribution is -2.15. The Labute approximate surface area is 97.9 Å². The highest BCUT2D eigenvalue weighted by molar-refractivity contribution is 7.85. The van der Waals surface area contributed by atoms with Crippen LogP contribution in [0.15, 0.2) is 0 Å². The summed E-state index contributed by atoms with van der Waals surface area (Å²) in [5.74, 6) is 1.90. The molecule has 0 amide bonds. The molecule has 0 aromatic heterocycles. The second-order valence-electron chi connectivity index (χ2n) is 2.87. The number of rotatable bonds is 7. The van der Waals surface area contributed by atoms with Gasteiger partial charge in [0.25, 0.3) is 0 Å². The van der Waals surface area contributed by atoms with Gasteiger partial charge in [0.05, 0.1) is 0 Å². The average molecular weight is 242 g/mol. The van der Waals surface area contributed by atoms with Crippen LogP contribution in [0.1, 0.15) is 25.7 Å². The number of hydrogen-bond donors (Lipinski definition) is 4. The fraction of sp³-hybridized carbons (Fsp3) is 1.00. The van der Waals surface area contributed by atoms with Gasteiger partial charge in [-0.05, 0) is 37.2 Å². The molecule has 12 heavy (non-hydrogen) atoms. The quantitative estimate of drug-likeness (QED) is 0.485. The zero-order valence-corrected chi connectivity index (χ0v) is 10.8. The van der Waals surface area contributed by atoms with Gasteiger partial charge < -0.3 is 0 Å². The van der Waals surface area contributed by atoms with E-state index < -0.39 is 0 Å². The van der Waals surface area contributed by atoms with Crippen LogP contribution >= 0.6 is 50.5 Å². The molecule has 0 fully saturated rings. The van der Waals surface area contributed by atoms with Crippen molar-refractivity contribution in [2.75, 3.05) is 11.5 Å². The normalized spacial score (nSPS) is 16.0. The number of thiol groups is 4. The Morgan fingerprint density at radius 3 is 1.33 bits per heavy atom. The Bertz CT molecular complexity index is 85.1. The van der Waals surface area contributed by atoms with Gasteiger partial charge in [-0.1, -0.05) is 0 Å². The molecule has 0 N–H and O–H groups in total. The first-order valence-electron chi connectivity index (χ1n) is 4.30. The molecule has 0 heterocycles. The summed E-state index contributed by atoms with van der Waals surface area (Å²) in [6.07, 6.45) is 4.51. The van der Waals surface area contributed by atoms with Crippen molar-refractivity contribution in [3.05, 3.63) is 0 Å². The van der Waals surface area contributed by atoms with Crippen LogP contribution < -0.4 is 0 Å². The van der Waals surface area contributed by atoms with Gasteiger partial charge >= 0.3 is 0 Å². The van der Waals surface area contributed by atoms with Crippen LogP contribution in [0.3, 0.4) is 0 Å². The topological polar surface area (TPSA) is 0 Å². The monoisotopic (exact) mass is 242 g/mol. The molecule has 0 nitrogen and oxygen atoms in total. The SMILES string of the molecule is SCCCC(S)C(S)CCCS. The summed E-state index contributed by atoms with van der Waals surface area (Å²) >= 11 is 17.3. The predicted molar refractivity (Wildman–Crippen MR) is 71.7 cm³/mol. The lowest BCUT2D eigenvalue weighted by molar-refractivity contribution is 0.665. The fourth-order valence-corrected chi connectivity index (χ4v) is 2.01. The van der Waals surface area contributed by atoms with E-state index in [0.717, 1.165) is 37.2 Å². The van der Waals surface area contributed by atoms with Gasteiger partial charge in [0.15, 0.2) is 0 Å². The molecule has 0 aliphatic rings. The standard InChI is InChI=1S/C8H18S4/c9-5-1-3-7(11)8(12)4-2-6-10/h7-12H,1-6H2. The van der Waals surface area contributed by atoms with E-state index in [-0.39, 0.29) is 0 Å². The summed E-state index contributed by atoms with van der Waals surface area (Å²) < 4.78 is 0. The molecule has 0 saturated carbocycles. The van der Waals surface area contributed by atoms with E-state index in [1.807, 2.05) is 0 Å². The zero-order chi connectivity index (χ0) is 9.40. The molecular formula is C8H18S4. The molecule has 74 valence electrons. The van der Waals surface area contributed by atoms with Crippen LogP contribution in [0.5, 0.6) is 0 Å². The summed E-state index contributed by atoms with van der Waals surface area (Å²) in [5, 5.41) is 0.834. The van der Waals surface area contributed by atoms with Gasteiger partial charge in [-0.15, -0.1) is 0 Å². The molecule has 4 heteroatoms. The van der Waals surface area contributed by atoms with Gasteiger partial charge in [0, 0.05) is 10.5 Å². The van der Waals surface area contributed by atoms with Gasteiger partial charge in [-0.25, -0.2) is 0 Å². The van der Waals surface area contributed by atoms with Crippen LogP contribution in [0.25, 0.3) is 0 Å². The van der Waals surface area contributed by atoms with E-state index in [4.69, 9.17) is 0 Å². The third kappa shape index (κ3) is 6.87. The first-order chi connectivity index (χ1) is 5.72. The van der Waals surface area contributed by atoms with Crippen molar-refractivity contribution in [1.29, 1.82) is 0 Å². The van der Waals surface area contributed by atoms with Crippen molar-refractivity contribution in [3.63, 3.8) is 0 Å². The molecule has 0 aliphatic heterocycles. The van der Waals surface area contributed by atoms with E-state index in [1.165, 1.54) is 0 Å². The highest BCUT2D eigenvalue weighted by Crippen LogP contribution is 2.19. The Morgan fingerprint density at radius 1 is 0.750 bits per heavy atom. The molecule has 0 aromatic rings. The zero-order valence-electron chi connectivity index (χ0n) is 7.19. The molecule has 0 bridgehead atoms. The summed E-state index contributed by atoms with van der Waals surface area (Å²) in [7, 11) is 0. The Morgan fingerprint density at radius 2 is 1.08 bits per heavy atom. The van der Waals surface area contributed by atoms with E-state index >= 15 is 0 Å². The smallest absolute Gasteiger partial charge is 0.0134 e. The minimum absolute atomic E-state index is 0.417.